The second kappa shape index (κ2) is 11.6. The van der Waals surface area contributed by atoms with Crippen LogP contribution in [-0.2, 0) is 6.54 Å². The lowest BCUT2D eigenvalue weighted by molar-refractivity contribution is 0.0949. The smallest absolute Gasteiger partial charge is 0.257 e. The minimum atomic E-state index is -0.347. The van der Waals surface area contributed by atoms with Crippen molar-refractivity contribution in [2.45, 2.75) is 6.54 Å². The number of ether oxygens (including phenoxy) is 2. The molecular weight excluding hydrogens is 454 g/mol. The molecule has 3 rings (SSSR count). The molecule has 1 amide bonds. The fraction of sp³-hybridized carbons (Fsp3) is 0.120. The van der Waals surface area contributed by atoms with Gasteiger partial charge in [0.2, 0.25) is 0 Å². The van der Waals surface area contributed by atoms with Gasteiger partial charge in [-0.05, 0) is 42.1 Å². The van der Waals surface area contributed by atoms with E-state index in [4.69, 9.17) is 26.8 Å². The van der Waals surface area contributed by atoms with Crippen molar-refractivity contribution in [3.8, 4) is 22.8 Å². The number of amides is 1. The van der Waals surface area contributed by atoms with E-state index < -0.39 is 0 Å². The highest BCUT2D eigenvalue weighted by Gasteiger charge is 2.17. The number of nitrogens with one attached hydrogen (secondary N) is 1. The molecule has 8 nitrogen and oxygen atoms in total. The molecule has 0 saturated heterocycles. The summed E-state index contributed by atoms with van der Waals surface area (Å²) < 4.78 is 10.4. The van der Waals surface area contributed by atoms with Crippen molar-refractivity contribution in [2.75, 3.05) is 14.2 Å². The standard InChI is InChI=1S/C25H24ClN5O3/c1-16(6-4-5-9-27)23-21(11-18(13-29-23)17-10-19(26)14-28-12-17)24(32)30-15-20-7-8-22(33-2)25(31-20)34-3/h4-14H,1,15,27H2,2-3H3,(H,30,32)/b6-4-,9-5-. The van der Waals surface area contributed by atoms with E-state index in [2.05, 4.69) is 26.8 Å². The maximum Gasteiger partial charge on any atom is 0.257 e. The molecule has 3 N–H and O–H groups in total. The zero-order valence-corrected chi connectivity index (χ0v) is 19.5. The van der Waals surface area contributed by atoms with E-state index in [1.807, 2.05) is 0 Å². The summed E-state index contributed by atoms with van der Waals surface area (Å²) in [6, 6.07) is 6.95. The second-order valence-corrected chi connectivity index (χ2v) is 7.41. The number of methoxy groups -OCH3 is 2. The Morgan fingerprint density at radius 1 is 1.15 bits per heavy atom. The number of carbonyl (C=O) groups is 1. The number of nitrogens with two attached hydrogens (primary N) is 1. The minimum absolute atomic E-state index is 0.166. The Balaban J connectivity index is 1.93. The van der Waals surface area contributed by atoms with Gasteiger partial charge in [-0.15, -0.1) is 0 Å². The fourth-order valence-corrected chi connectivity index (χ4v) is 3.24. The molecular formula is C25H24ClN5O3. The first kappa shape index (κ1) is 24.5. The quantitative estimate of drug-likeness (QED) is 0.444. The lowest BCUT2D eigenvalue weighted by Gasteiger charge is -2.13. The van der Waals surface area contributed by atoms with Crippen molar-refractivity contribution in [1.29, 1.82) is 0 Å². The van der Waals surface area contributed by atoms with Crippen LogP contribution in [0, 0.1) is 0 Å². The number of hydrogen-bond donors (Lipinski definition) is 2. The number of carbonyl (C=O) groups excluding carboxylic acids is 1. The van der Waals surface area contributed by atoms with Gasteiger partial charge in [0, 0.05) is 29.7 Å². The molecule has 0 aliphatic carbocycles. The Labute approximate surface area is 202 Å². The Kier molecular flexibility index (Phi) is 8.37. The number of hydrogen-bond acceptors (Lipinski definition) is 7. The van der Waals surface area contributed by atoms with Gasteiger partial charge < -0.3 is 20.5 Å². The highest BCUT2D eigenvalue weighted by molar-refractivity contribution is 6.30. The van der Waals surface area contributed by atoms with Crippen LogP contribution in [0.1, 0.15) is 21.7 Å². The molecule has 0 unspecified atom stereocenters. The molecule has 3 aromatic rings. The molecule has 9 heteroatoms. The third-order valence-electron chi connectivity index (χ3n) is 4.72. The van der Waals surface area contributed by atoms with Gasteiger partial charge in [0.05, 0.1) is 42.7 Å². The lowest BCUT2D eigenvalue weighted by atomic mass is 10.0. The van der Waals surface area contributed by atoms with E-state index in [-0.39, 0.29) is 12.5 Å². The van der Waals surface area contributed by atoms with Crippen molar-refractivity contribution < 1.29 is 14.3 Å². The number of allylic oxidation sites excluding steroid dienone is 4. The summed E-state index contributed by atoms with van der Waals surface area (Å²) in [6.07, 6.45) is 11.3. The molecule has 0 atom stereocenters. The third-order valence-corrected chi connectivity index (χ3v) is 4.93. The molecule has 3 aromatic heterocycles. The normalized spacial score (nSPS) is 11.0. The molecule has 0 aliphatic heterocycles. The number of nitrogens with zero attached hydrogens (tertiary/aromatic N) is 3. The Hall–Kier alpha value is -4.17. The predicted molar refractivity (Wildman–Crippen MR) is 132 cm³/mol. The van der Waals surface area contributed by atoms with Crippen LogP contribution in [0.25, 0.3) is 16.7 Å². The monoisotopic (exact) mass is 477 g/mol. The topological polar surface area (TPSA) is 112 Å². The largest absolute Gasteiger partial charge is 0.491 e. The van der Waals surface area contributed by atoms with Gasteiger partial charge in [0.25, 0.3) is 11.8 Å². The van der Waals surface area contributed by atoms with Gasteiger partial charge >= 0.3 is 0 Å². The molecule has 174 valence electrons. The van der Waals surface area contributed by atoms with E-state index in [1.165, 1.54) is 26.6 Å². The average Bonchev–Trinajstić information content (AvgIpc) is 2.86. The SMILES string of the molecule is C=C(/C=C\C=C/N)c1ncc(-c2cncc(Cl)c2)cc1C(=O)NCc1ccc(OC)c(OC)n1. The van der Waals surface area contributed by atoms with Crippen molar-refractivity contribution in [3.05, 3.63) is 95.8 Å². The predicted octanol–water partition coefficient (Wildman–Crippen LogP) is 4.18. The summed E-state index contributed by atoms with van der Waals surface area (Å²) in [5, 5.41) is 3.36. The number of halogens is 1. The summed E-state index contributed by atoms with van der Waals surface area (Å²) in [4.78, 5) is 26.2. The van der Waals surface area contributed by atoms with Crippen LogP contribution in [-0.4, -0.2) is 35.1 Å². The van der Waals surface area contributed by atoms with Crippen LogP contribution in [0.15, 0.2) is 73.9 Å². The van der Waals surface area contributed by atoms with Crippen LogP contribution >= 0.6 is 11.6 Å². The maximum atomic E-state index is 13.2. The number of aromatic nitrogens is 3. The molecule has 0 radical (unpaired) electrons. The molecule has 0 fully saturated rings. The van der Waals surface area contributed by atoms with Gasteiger partial charge in [-0.3, -0.25) is 14.8 Å². The number of rotatable bonds is 9. The van der Waals surface area contributed by atoms with Gasteiger partial charge in [-0.2, -0.15) is 0 Å². The third kappa shape index (κ3) is 5.99. The summed E-state index contributed by atoms with van der Waals surface area (Å²) in [5.74, 6) is 0.486. The lowest BCUT2D eigenvalue weighted by Crippen LogP contribution is -2.25. The first-order valence-electron chi connectivity index (χ1n) is 10.2. The molecule has 0 spiro atoms. The first-order valence-corrected chi connectivity index (χ1v) is 10.6. The molecule has 0 bridgehead atoms. The molecule has 0 aromatic carbocycles. The summed E-state index contributed by atoms with van der Waals surface area (Å²) >= 11 is 6.09. The molecule has 0 saturated carbocycles. The molecule has 34 heavy (non-hydrogen) atoms. The van der Waals surface area contributed by atoms with Crippen molar-refractivity contribution in [3.63, 3.8) is 0 Å². The van der Waals surface area contributed by atoms with E-state index in [0.29, 0.717) is 44.7 Å². The van der Waals surface area contributed by atoms with Gasteiger partial charge in [0.15, 0.2) is 5.75 Å². The maximum absolute atomic E-state index is 13.2. The van der Waals surface area contributed by atoms with E-state index in [9.17, 15) is 4.79 Å². The minimum Gasteiger partial charge on any atom is -0.491 e. The van der Waals surface area contributed by atoms with Crippen LogP contribution < -0.4 is 20.5 Å². The molecule has 0 aliphatic rings. The van der Waals surface area contributed by atoms with Crippen LogP contribution in [0.2, 0.25) is 5.02 Å². The summed E-state index contributed by atoms with van der Waals surface area (Å²) in [6.45, 7) is 4.20. The summed E-state index contributed by atoms with van der Waals surface area (Å²) in [7, 11) is 3.03. The Bertz CT molecular complexity index is 1260. The van der Waals surface area contributed by atoms with E-state index in [0.717, 1.165) is 5.56 Å². The van der Waals surface area contributed by atoms with Crippen molar-refractivity contribution >= 4 is 23.1 Å². The highest BCUT2D eigenvalue weighted by Crippen LogP contribution is 2.26. The van der Waals surface area contributed by atoms with Gasteiger partial charge in [0.1, 0.15) is 0 Å². The van der Waals surface area contributed by atoms with Gasteiger partial charge in [-0.25, -0.2) is 4.98 Å². The zero-order chi connectivity index (χ0) is 24.5. The number of pyridine rings is 3. The van der Waals surface area contributed by atoms with Crippen molar-refractivity contribution in [2.24, 2.45) is 5.73 Å². The average molecular weight is 478 g/mol. The Morgan fingerprint density at radius 3 is 2.65 bits per heavy atom. The van der Waals surface area contributed by atoms with Crippen LogP contribution in [0.4, 0.5) is 0 Å². The summed E-state index contributed by atoms with van der Waals surface area (Å²) in [5.41, 5.74) is 8.71. The molecule has 3 heterocycles. The first-order chi connectivity index (χ1) is 16.5. The zero-order valence-electron chi connectivity index (χ0n) is 18.8. The fourth-order valence-electron chi connectivity index (χ4n) is 3.07. The van der Waals surface area contributed by atoms with Crippen LogP contribution in [0.3, 0.4) is 0 Å². The van der Waals surface area contributed by atoms with Gasteiger partial charge in [-0.1, -0.05) is 30.3 Å². The van der Waals surface area contributed by atoms with E-state index >= 15 is 0 Å². The van der Waals surface area contributed by atoms with Crippen LogP contribution in [0.5, 0.6) is 11.6 Å². The van der Waals surface area contributed by atoms with Crippen molar-refractivity contribution in [1.82, 2.24) is 20.3 Å². The Morgan fingerprint density at radius 2 is 1.94 bits per heavy atom. The second-order valence-electron chi connectivity index (χ2n) is 6.98. The highest BCUT2D eigenvalue weighted by atomic mass is 35.5. The van der Waals surface area contributed by atoms with E-state index in [1.54, 1.807) is 54.9 Å².